The van der Waals surface area contributed by atoms with E-state index in [0.717, 1.165) is 18.5 Å². The number of para-hydroxylation sites is 2. The Labute approximate surface area is 194 Å². The maximum atomic E-state index is 13.2. The van der Waals surface area contributed by atoms with Crippen LogP contribution in [0.5, 0.6) is 5.75 Å². The molecule has 2 aliphatic rings. The molecular weight excluding hydrogens is 462 g/mol. The molecule has 4 rings (SSSR count). The lowest BCUT2D eigenvalue weighted by molar-refractivity contribution is -0.274. The molecule has 1 atom stereocenters. The van der Waals surface area contributed by atoms with Crippen LogP contribution >= 0.6 is 0 Å². The first kappa shape index (κ1) is 24.5. The van der Waals surface area contributed by atoms with E-state index in [2.05, 4.69) is 9.64 Å². The van der Waals surface area contributed by atoms with Crippen molar-refractivity contribution in [2.75, 3.05) is 42.6 Å². The third-order valence-electron chi connectivity index (χ3n) is 6.23. The van der Waals surface area contributed by atoms with Gasteiger partial charge in [0.2, 0.25) is 0 Å². The van der Waals surface area contributed by atoms with Crippen LogP contribution in [0.25, 0.3) is 0 Å². The van der Waals surface area contributed by atoms with Crippen molar-refractivity contribution in [1.82, 2.24) is 0 Å². The second kappa shape index (κ2) is 9.93. The quantitative estimate of drug-likeness (QED) is 0.444. The SMILES string of the molecule is FC(F)(F)CCN1c2ccccc2N(CC2CCOCC2)CC1c1cccc(OC(F)(F)F)c1. The van der Waals surface area contributed by atoms with Gasteiger partial charge in [-0.1, -0.05) is 24.3 Å². The summed E-state index contributed by atoms with van der Waals surface area (Å²) in [6.07, 6.45) is -8.48. The zero-order chi connectivity index (χ0) is 24.3. The molecule has 2 aromatic carbocycles. The van der Waals surface area contributed by atoms with Gasteiger partial charge in [-0.15, -0.1) is 13.2 Å². The normalized spacial score (nSPS) is 19.8. The summed E-state index contributed by atoms with van der Waals surface area (Å²) in [6, 6.07) is 12.2. The van der Waals surface area contributed by atoms with E-state index < -0.39 is 30.8 Å². The number of rotatable bonds is 6. The Morgan fingerprint density at radius 2 is 1.62 bits per heavy atom. The molecule has 0 N–H and O–H groups in total. The van der Waals surface area contributed by atoms with Gasteiger partial charge in [0.25, 0.3) is 0 Å². The van der Waals surface area contributed by atoms with Gasteiger partial charge in [-0.05, 0) is 48.6 Å². The highest BCUT2D eigenvalue weighted by molar-refractivity contribution is 5.74. The molecular formula is C24H26F6N2O2. The van der Waals surface area contributed by atoms with Crippen LogP contribution in [0.15, 0.2) is 48.5 Å². The van der Waals surface area contributed by atoms with Crippen LogP contribution in [0, 0.1) is 5.92 Å². The van der Waals surface area contributed by atoms with Gasteiger partial charge in [-0.3, -0.25) is 0 Å². The van der Waals surface area contributed by atoms with Crippen LogP contribution in [0.3, 0.4) is 0 Å². The van der Waals surface area contributed by atoms with E-state index >= 15 is 0 Å². The molecule has 186 valence electrons. The molecule has 0 amide bonds. The lowest BCUT2D eigenvalue weighted by Crippen LogP contribution is -2.46. The first-order valence-electron chi connectivity index (χ1n) is 11.2. The lowest BCUT2D eigenvalue weighted by Gasteiger charge is -2.46. The van der Waals surface area contributed by atoms with Gasteiger partial charge in [-0.2, -0.15) is 13.2 Å². The first-order chi connectivity index (χ1) is 16.1. The van der Waals surface area contributed by atoms with E-state index in [-0.39, 0.29) is 6.54 Å². The topological polar surface area (TPSA) is 24.9 Å². The van der Waals surface area contributed by atoms with Crippen LogP contribution in [0.2, 0.25) is 0 Å². The van der Waals surface area contributed by atoms with E-state index in [4.69, 9.17) is 4.74 Å². The Kier molecular flexibility index (Phi) is 7.16. The maximum Gasteiger partial charge on any atom is 0.573 e. The number of hydrogen-bond acceptors (Lipinski definition) is 4. The van der Waals surface area contributed by atoms with Gasteiger partial charge in [0.1, 0.15) is 5.75 Å². The largest absolute Gasteiger partial charge is 0.573 e. The van der Waals surface area contributed by atoms with Crippen molar-refractivity contribution in [3.8, 4) is 5.75 Å². The minimum atomic E-state index is -4.86. The molecule has 1 saturated heterocycles. The van der Waals surface area contributed by atoms with Gasteiger partial charge in [0.05, 0.1) is 23.8 Å². The molecule has 0 saturated carbocycles. The zero-order valence-corrected chi connectivity index (χ0v) is 18.4. The van der Waals surface area contributed by atoms with Crippen LogP contribution in [0.1, 0.15) is 30.9 Å². The second-order valence-corrected chi connectivity index (χ2v) is 8.64. The van der Waals surface area contributed by atoms with Crippen molar-refractivity contribution in [2.45, 2.75) is 37.8 Å². The summed E-state index contributed by atoms with van der Waals surface area (Å²) < 4.78 is 87.4. The third kappa shape index (κ3) is 6.28. The number of halogens is 6. The minimum absolute atomic E-state index is 0.305. The Morgan fingerprint density at radius 1 is 0.912 bits per heavy atom. The summed E-state index contributed by atoms with van der Waals surface area (Å²) in [5.74, 6) is -0.0281. The summed E-state index contributed by atoms with van der Waals surface area (Å²) in [7, 11) is 0. The second-order valence-electron chi connectivity index (χ2n) is 8.64. The van der Waals surface area contributed by atoms with Crippen molar-refractivity contribution in [2.24, 2.45) is 5.92 Å². The zero-order valence-electron chi connectivity index (χ0n) is 18.4. The highest BCUT2D eigenvalue weighted by Gasteiger charge is 2.37. The Bertz CT molecular complexity index is 959. The average molecular weight is 488 g/mol. The smallest absolute Gasteiger partial charge is 0.406 e. The molecule has 2 aromatic rings. The van der Waals surface area contributed by atoms with E-state index in [1.54, 1.807) is 23.1 Å². The van der Waals surface area contributed by atoms with Crippen LogP contribution < -0.4 is 14.5 Å². The highest BCUT2D eigenvalue weighted by atomic mass is 19.4. The Hall–Kier alpha value is -2.62. The first-order valence-corrected chi connectivity index (χ1v) is 11.2. The van der Waals surface area contributed by atoms with E-state index in [1.807, 2.05) is 12.1 Å². The number of hydrogen-bond donors (Lipinski definition) is 0. The number of alkyl halides is 6. The van der Waals surface area contributed by atoms with Crippen molar-refractivity contribution >= 4 is 11.4 Å². The van der Waals surface area contributed by atoms with Gasteiger partial charge in [0, 0.05) is 32.8 Å². The molecule has 34 heavy (non-hydrogen) atoms. The minimum Gasteiger partial charge on any atom is -0.406 e. The molecule has 2 heterocycles. The van der Waals surface area contributed by atoms with Gasteiger partial charge < -0.3 is 19.3 Å². The van der Waals surface area contributed by atoms with Crippen molar-refractivity contribution < 1.29 is 35.8 Å². The van der Waals surface area contributed by atoms with Crippen molar-refractivity contribution in [1.29, 1.82) is 0 Å². The summed E-state index contributed by atoms with van der Waals surface area (Å²) in [5, 5.41) is 0. The van der Waals surface area contributed by atoms with Crippen molar-refractivity contribution in [3.63, 3.8) is 0 Å². The maximum absolute atomic E-state index is 13.2. The van der Waals surface area contributed by atoms with Gasteiger partial charge in [-0.25, -0.2) is 0 Å². The van der Waals surface area contributed by atoms with Crippen LogP contribution in [-0.4, -0.2) is 45.4 Å². The molecule has 2 aliphatic heterocycles. The number of anilines is 2. The fourth-order valence-electron chi connectivity index (χ4n) is 4.69. The summed E-state index contributed by atoms with van der Waals surface area (Å²) in [6.45, 7) is 2.07. The van der Waals surface area contributed by atoms with E-state index in [0.29, 0.717) is 43.5 Å². The average Bonchev–Trinajstić information content (AvgIpc) is 2.77. The van der Waals surface area contributed by atoms with Gasteiger partial charge in [0.15, 0.2) is 0 Å². The third-order valence-corrected chi connectivity index (χ3v) is 6.23. The number of ether oxygens (including phenoxy) is 2. The Balaban J connectivity index is 1.69. The molecule has 0 aromatic heterocycles. The fourth-order valence-corrected chi connectivity index (χ4v) is 4.69. The fraction of sp³-hybridized carbons (Fsp3) is 0.500. The predicted octanol–water partition coefficient (Wildman–Crippen LogP) is 6.33. The number of benzene rings is 2. The van der Waals surface area contributed by atoms with Crippen molar-refractivity contribution in [3.05, 3.63) is 54.1 Å². The summed E-state index contributed by atoms with van der Waals surface area (Å²) >= 11 is 0. The molecule has 1 fully saturated rings. The molecule has 0 radical (unpaired) electrons. The van der Waals surface area contributed by atoms with E-state index in [1.165, 1.54) is 18.2 Å². The van der Waals surface area contributed by atoms with Crippen LogP contribution in [-0.2, 0) is 4.74 Å². The highest BCUT2D eigenvalue weighted by Crippen LogP contribution is 2.43. The monoisotopic (exact) mass is 488 g/mol. The van der Waals surface area contributed by atoms with E-state index in [9.17, 15) is 26.3 Å². The number of fused-ring (bicyclic) bond motifs is 1. The summed E-state index contributed by atoms with van der Waals surface area (Å²) in [5.41, 5.74) is 1.93. The molecule has 0 aliphatic carbocycles. The molecule has 4 nitrogen and oxygen atoms in total. The molecule has 1 unspecified atom stereocenters. The molecule has 0 bridgehead atoms. The predicted molar refractivity (Wildman–Crippen MR) is 116 cm³/mol. The molecule has 10 heteroatoms. The number of nitrogens with zero attached hydrogens (tertiary/aromatic N) is 2. The van der Waals surface area contributed by atoms with Gasteiger partial charge >= 0.3 is 12.5 Å². The summed E-state index contributed by atoms with van der Waals surface area (Å²) in [4.78, 5) is 3.79. The molecule has 0 spiro atoms. The standard InChI is InChI=1S/C24H26F6N2O2/c25-23(26,27)10-11-32-21-7-2-1-6-20(21)31(15-17-8-12-33-13-9-17)16-22(32)18-4-3-5-19(14-18)34-24(28,29)30/h1-7,14,17,22H,8-13,15-16H2. The lowest BCUT2D eigenvalue weighted by atomic mass is 9.95. The Morgan fingerprint density at radius 3 is 2.29 bits per heavy atom. The van der Waals surface area contributed by atoms with Crippen LogP contribution in [0.4, 0.5) is 37.7 Å².